The molecule has 0 unspecified atom stereocenters. The number of halogens is 2. The number of hydrogen-bond donors (Lipinski definition) is 0. The smallest absolute Gasteiger partial charge is 0.282 e. The van der Waals surface area contributed by atoms with Crippen LogP contribution in [0.3, 0.4) is 0 Å². The number of benzene rings is 2. The highest BCUT2D eigenvalue weighted by Gasteiger charge is 2.34. The van der Waals surface area contributed by atoms with E-state index in [0.717, 1.165) is 35.0 Å². The first-order valence-corrected chi connectivity index (χ1v) is 15.3. The van der Waals surface area contributed by atoms with Crippen molar-refractivity contribution < 1.29 is 18.3 Å². The maximum atomic E-state index is 16.1. The molecular weight excluding hydrogens is 582 g/mol. The van der Waals surface area contributed by atoms with Crippen LogP contribution in [0.15, 0.2) is 54.2 Å². The molecular formula is C33H30F2N6O2S. The summed E-state index contributed by atoms with van der Waals surface area (Å²) in [5, 5.41) is 23.2. The van der Waals surface area contributed by atoms with Crippen LogP contribution < -0.4 is 9.64 Å². The number of aromatic nitrogens is 1. The first-order valence-electron chi connectivity index (χ1n) is 14.4. The minimum Gasteiger partial charge on any atom is -0.475 e. The molecule has 2 aliphatic rings. The predicted octanol–water partition coefficient (Wildman–Crippen LogP) is 6.01. The summed E-state index contributed by atoms with van der Waals surface area (Å²) in [6, 6.07) is 14.6. The van der Waals surface area contributed by atoms with Crippen molar-refractivity contribution in [3.8, 4) is 29.1 Å². The fraction of sp³-hybridized carbons (Fsp3) is 0.333. The number of nitrogens with zero attached hydrogens (tertiary/aromatic N) is 6. The van der Waals surface area contributed by atoms with Crippen molar-refractivity contribution in [2.75, 3.05) is 44.7 Å². The highest BCUT2D eigenvalue weighted by atomic mass is 32.1. The molecule has 44 heavy (non-hydrogen) atoms. The lowest BCUT2D eigenvalue weighted by Crippen LogP contribution is -2.55. The van der Waals surface area contributed by atoms with Gasteiger partial charge in [-0.2, -0.15) is 10.5 Å². The fourth-order valence-corrected chi connectivity index (χ4v) is 7.15. The van der Waals surface area contributed by atoms with Crippen molar-refractivity contribution in [2.45, 2.75) is 31.3 Å². The van der Waals surface area contributed by atoms with Gasteiger partial charge in [-0.25, -0.2) is 13.8 Å². The summed E-state index contributed by atoms with van der Waals surface area (Å²) in [5.41, 5.74) is 2.13. The van der Waals surface area contributed by atoms with Gasteiger partial charge in [0.15, 0.2) is 5.83 Å². The van der Waals surface area contributed by atoms with Gasteiger partial charge in [-0.3, -0.25) is 4.79 Å². The number of likely N-dealkylation sites (tertiary alicyclic amines) is 1. The molecule has 6 rings (SSSR count). The second kappa shape index (κ2) is 12.2. The lowest BCUT2D eigenvalue weighted by atomic mass is 9.97. The van der Waals surface area contributed by atoms with Gasteiger partial charge in [-0.15, -0.1) is 11.3 Å². The van der Waals surface area contributed by atoms with Crippen LogP contribution in [0.5, 0.6) is 5.88 Å². The number of likely N-dealkylation sites (N-methyl/N-ethyl adjacent to an activating group) is 1. The van der Waals surface area contributed by atoms with Gasteiger partial charge < -0.3 is 19.4 Å². The molecule has 2 saturated heterocycles. The summed E-state index contributed by atoms with van der Waals surface area (Å²) in [5.74, 6) is -2.29. The summed E-state index contributed by atoms with van der Waals surface area (Å²) in [7, 11) is 2.04. The van der Waals surface area contributed by atoms with Crippen molar-refractivity contribution >= 4 is 43.9 Å². The van der Waals surface area contributed by atoms with Gasteiger partial charge >= 0.3 is 0 Å². The minimum absolute atomic E-state index is 0.0546. The molecule has 0 radical (unpaired) electrons. The molecule has 0 spiro atoms. The molecule has 224 valence electrons. The molecule has 0 bridgehead atoms. The average molecular weight is 613 g/mol. The topological polar surface area (TPSA) is 96.5 Å². The number of carbonyl (C=O) groups is 1. The van der Waals surface area contributed by atoms with E-state index in [-0.39, 0.29) is 43.5 Å². The zero-order chi connectivity index (χ0) is 31.0. The monoisotopic (exact) mass is 612 g/mol. The normalized spacial score (nSPS) is 18.8. The van der Waals surface area contributed by atoms with Crippen LogP contribution in [0.2, 0.25) is 0 Å². The summed E-state index contributed by atoms with van der Waals surface area (Å²) in [6.07, 6.45) is 1.96. The Hall–Kier alpha value is -4.58. The van der Waals surface area contributed by atoms with Crippen molar-refractivity contribution in [3.63, 3.8) is 0 Å². The first kappa shape index (κ1) is 29.5. The number of piperazine rings is 1. The van der Waals surface area contributed by atoms with Crippen LogP contribution in [0.1, 0.15) is 24.8 Å². The Balaban J connectivity index is 1.49. The van der Waals surface area contributed by atoms with Gasteiger partial charge in [-0.05, 0) is 61.6 Å². The number of hydrogen-bond acceptors (Lipinski definition) is 8. The van der Waals surface area contributed by atoms with Crippen LogP contribution in [0.25, 0.3) is 32.1 Å². The first-order chi connectivity index (χ1) is 21.3. The van der Waals surface area contributed by atoms with Crippen molar-refractivity contribution in [3.05, 3.63) is 65.6 Å². The lowest BCUT2D eigenvalue weighted by molar-refractivity contribution is -0.131. The minimum atomic E-state index is -1.10. The molecule has 2 aromatic heterocycles. The van der Waals surface area contributed by atoms with E-state index in [1.165, 1.54) is 11.0 Å². The van der Waals surface area contributed by atoms with E-state index in [1.54, 1.807) is 17.4 Å². The van der Waals surface area contributed by atoms with Crippen LogP contribution in [-0.4, -0.2) is 72.6 Å². The predicted molar refractivity (Wildman–Crippen MR) is 167 cm³/mol. The van der Waals surface area contributed by atoms with Crippen LogP contribution in [0, 0.1) is 28.5 Å². The molecule has 8 nitrogen and oxygen atoms in total. The number of anilines is 1. The van der Waals surface area contributed by atoms with Gasteiger partial charge in [0.1, 0.15) is 24.1 Å². The Morgan fingerprint density at radius 3 is 2.73 bits per heavy atom. The molecule has 2 fully saturated rings. The van der Waals surface area contributed by atoms with Crippen LogP contribution >= 0.6 is 11.3 Å². The third-order valence-electron chi connectivity index (χ3n) is 8.61. The third kappa shape index (κ3) is 5.34. The maximum Gasteiger partial charge on any atom is 0.282 e. The Bertz CT molecular complexity index is 1860. The van der Waals surface area contributed by atoms with Crippen molar-refractivity contribution in [2.24, 2.45) is 0 Å². The SMILES string of the molecule is C=C(F)C(=O)N1CCN(c2c(C#N)c(OC[C@@H]3CCCN3C)nc3cc(-c4cccc5sccc45)c(F)cc23)C[C@@H]1CC#N. The highest BCUT2D eigenvalue weighted by Crippen LogP contribution is 2.41. The van der Waals surface area contributed by atoms with Crippen LogP contribution in [-0.2, 0) is 4.79 Å². The molecule has 1 amide bonds. The zero-order valence-electron chi connectivity index (χ0n) is 24.2. The Kier molecular flexibility index (Phi) is 8.17. The molecule has 0 aliphatic carbocycles. The fourth-order valence-electron chi connectivity index (χ4n) is 6.34. The van der Waals surface area contributed by atoms with E-state index in [4.69, 9.17) is 9.72 Å². The quantitative estimate of drug-likeness (QED) is 0.236. The standard InChI is InChI=1S/C33H30F2N6O2S/c1-20(34)33(42)41-13-12-40(18-21(41)8-10-36)31-26-15-28(35)25(23-6-3-7-30-24(23)9-14-44-30)16-29(26)38-32(27(31)17-37)43-19-22-5-4-11-39(22)2/h3,6-7,9,14-16,21-22H,1,4-5,8,11-13,18-19H2,2H3/t21-,22-/m0/s1. The van der Waals surface area contributed by atoms with E-state index in [2.05, 4.69) is 23.6 Å². The third-order valence-corrected chi connectivity index (χ3v) is 9.50. The van der Waals surface area contributed by atoms with Gasteiger partial charge in [-0.1, -0.05) is 18.7 Å². The molecule has 4 aromatic rings. The lowest BCUT2D eigenvalue weighted by Gasteiger charge is -2.42. The molecule has 2 aromatic carbocycles. The van der Waals surface area contributed by atoms with E-state index in [0.29, 0.717) is 28.8 Å². The van der Waals surface area contributed by atoms with E-state index in [9.17, 15) is 19.7 Å². The Morgan fingerprint density at radius 1 is 1.16 bits per heavy atom. The molecule has 4 heterocycles. The molecule has 0 saturated carbocycles. The number of carbonyl (C=O) groups excluding carboxylic acids is 1. The molecule has 2 aliphatic heterocycles. The number of pyridine rings is 1. The number of nitriles is 2. The summed E-state index contributed by atoms with van der Waals surface area (Å²) >= 11 is 1.58. The summed E-state index contributed by atoms with van der Waals surface area (Å²) in [4.78, 5) is 22.7. The molecule has 11 heteroatoms. The van der Waals surface area contributed by atoms with Crippen molar-refractivity contribution in [1.82, 2.24) is 14.8 Å². The number of fused-ring (bicyclic) bond motifs is 2. The van der Waals surface area contributed by atoms with Gasteiger partial charge in [0.05, 0.1) is 29.7 Å². The van der Waals surface area contributed by atoms with Gasteiger partial charge in [0, 0.05) is 46.7 Å². The van der Waals surface area contributed by atoms with E-state index >= 15 is 4.39 Å². The number of rotatable bonds is 7. The second-order valence-corrected chi connectivity index (χ2v) is 12.1. The van der Waals surface area contributed by atoms with Crippen LogP contribution in [0.4, 0.5) is 14.5 Å². The Labute approximate surface area is 258 Å². The number of thiophene rings is 1. The largest absolute Gasteiger partial charge is 0.475 e. The second-order valence-electron chi connectivity index (χ2n) is 11.2. The molecule has 2 atom stereocenters. The Morgan fingerprint density at radius 2 is 2.00 bits per heavy atom. The van der Waals surface area contributed by atoms with E-state index in [1.807, 2.05) is 41.6 Å². The van der Waals surface area contributed by atoms with E-state index < -0.39 is 23.6 Å². The number of amides is 1. The summed E-state index contributed by atoms with van der Waals surface area (Å²) in [6.45, 7) is 4.86. The molecule has 0 N–H and O–H groups in total. The zero-order valence-corrected chi connectivity index (χ0v) is 25.0. The number of ether oxygens (including phenoxy) is 1. The maximum absolute atomic E-state index is 16.1. The van der Waals surface area contributed by atoms with Crippen molar-refractivity contribution in [1.29, 1.82) is 10.5 Å². The van der Waals surface area contributed by atoms with Gasteiger partial charge in [0.2, 0.25) is 5.88 Å². The summed E-state index contributed by atoms with van der Waals surface area (Å²) < 4.78 is 37.2. The van der Waals surface area contributed by atoms with Gasteiger partial charge in [0.25, 0.3) is 5.91 Å². The average Bonchev–Trinajstić information content (AvgIpc) is 3.67. The highest BCUT2D eigenvalue weighted by molar-refractivity contribution is 7.17.